The van der Waals surface area contributed by atoms with E-state index in [9.17, 15) is 4.79 Å². The third-order valence-corrected chi connectivity index (χ3v) is 13.8. The lowest BCUT2D eigenvalue weighted by molar-refractivity contribution is -0.144. The Labute approximate surface area is 481 Å². The van der Waals surface area contributed by atoms with Crippen LogP contribution in [-0.2, 0) is 28.6 Å². The number of carbonyl (C=O) groups is 3. The predicted octanol–water partition coefficient (Wildman–Crippen LogP) is 17.3. The summed E-state index contributed by atoms with van der Waals surface area (Å²) < 4.78 is 17.7. The zero-order chi connectivity index (χ0) is 50.9. The molecule has 1 rings (SSSR count). The van der Waals surface area contributed by atoms with Crippen LogP contribution in [0.25, 0.3) is 0 Å². The summed E-state index contributed by atoms with van der Waals surface area (Å²) in [6.07, 6.45) is 39.7. The standard InChI is InChI=1S/C56H115N5O4.2CH2O.7CH4/c1-6-11-16-19-22-25-28-37-57(38-29-26-23-20-17-12-7-2)42-43-59(39-30-27-24-21-18-13-8-3)44-45-60-46-48-61(49-47-60)55-64-54-50-58(40-31-34-52-63-51-32-14-9-4)41-35-36-56(62)65-53-33-15-10-5;2*1-2;;;;;;;/h6-55H2,1-5H3;2*1H2;7*1H4. The lowest BCUT2D eigenvalue weighted by Crippen LogP contribution is -2.49. The molecule has 0 bridgehead atoms. The molecule has 0 saturated carbocycles. The Kier molecular flexibility index (Phi) is 98.8. The van der Waals surface area contributed by atoms with Crippen LogP contribution >= 0.6 is 0 Å². The molecule has 468 valence electrons. The zero-order valence-electron chi connectivity index (χ0n) is 47.0. The van der Waals surface area contributed by atoms with Gasteiger partial charge in [-0.15, -0.1) is 0 Å². The van der Waals surface area contributed by atoms with E-state index in [2.05, 4.69) is 59.1 Å². The second-order valence-corrected chi connectivity index (χ2v) is 19.9. The van der Waals surface area contributed by atoms with Gasteiger partial charge in [0.1, 0.15) is 13.6 Å². The van der Waals surface area contributed by atoms with Crippen molar-refractivity contribution >= 4 is 19.5 Å². The van der Waals surface area contributed by atoms with Gasteiger partial charge in [0.15, 0.2) is 0 Å². The lowest BCUT2D eigenvalue weighted by Gasteiger charge is -2.36. The molecule has 76 heavy (non-hydrogen) atoms. The SMILES string of the molecule is C.C.C.C.C.C.C.C=O.C=O.CCCCCCCCCN(CCCCCCCCC)CCN(CCCCCCCCC)CCN1CCN(COCCN(CCCCOCCCCC)CCCC(=O)OCCCCC)CC1. The topological polar surface area (TPSA) is 95.1 Å². The second kappa shape index (κ2) is 80.0. The molecule has 0 N–H and O–H groups in total. The molecular weight excluding hydrogens is 947 g/mol. The van der Waals surface area contributed by atoms with Gasteiger partial charge in [-0.25, -0.2) is 0 Å². The zero-order valence-corrected chi connectivity index (χ0v) is 47.0. The molecule has 11 heteroatoms. The first-order chi connectivity index (χ1) is 34.1. The summed E-state index contributed by atoms with van der Waals surface area (Å²) in [6.45, 7) is 35.1. The van der Waals surface area contributed by atoms with E-state index in [0.717, 1.165) is 111 Å². The first kappa shape index (κ1) is 93.8. The Bertz CT molecular complexity index is 974. The molecule has 0 unspecified atom stereocenters. The Hall–Kier alpha value is -1.47. The molecule has 11 nitrogen and oxygen atoms in total. The minimum absolute atomic E-state index is 0. The third kappa shape index (κ3) is 66.8. The van der Waals surface area contributed by atoms with Crippen molar-refractivity contribution in [2.45, 2.75) is 286 Å². The van der Waals surface area contributed by atoms with Crippen molar-refractivity contribution in [3.05, 3.63) is 0 Å². The maximum atomic E-state index is 12.3. The number of ether oxygens (including phenoxy) is 3. The highest BCUT2D eigenvalue weighted by Crippen LogP contribution is 2.13. The van der Waals surface area contributed by atoms with Crippen LogP contribution in [0.1, 0.15) is 286 Å². The van der Waals surface area contributed by atoms with Crippen molar-refractivity contribution in [3.63, 3.8) is 0 Å². The van der Waals surface area contributed by atoms with E-state index < -0.39 is 0 Å². The van der Waals surface area contributed by atoms with Crippen LogP contribution in [0.15, 0.2) is 0 Å². The molecule has 0 radical (unpaired) electrons. The van der Waals surface area contributed by atoms with Gasteiger partial charge >= 0.3 is 5.97 Å². The summed E-state index contributed by atoms with van der Waals surface area (Å²) in [5, 5.41) is 0. The largest absolute Gasteiger partial charge is 0.466 e. The van der Waals surface area contributed by atoms with Crippen molar-refractivity contribution in [3.8, 4) is 0 Å². The van der Waals surface area contributed by atoms with E-state index in [1.54, 1.807) is 0 Å². The van der Waals surface area contributed by atoms with E-state index in [1.165, 1.54) is 200 Å². The molecule has 0 amide bonds. The van der Waals surface area contributed by atoms with Crippen molar-refractivity contribution in [1.29, 1.82) is 0 Å². The molecule has 0 aromatic rings. The van der Waals surface area contributed by atoms with Crippen LogP contribution in [0.5, 0.6) is 0 Å². The van der Waals surface area contributed by atoms with Crippen molar-refractivity contribution in [2.24, 2.45) is 0 Å². The molecular formula is C65H147N5O6. The highest BCUT2D eigenvalue weighted by molar-refractivity contribution is 5.69. The van der Waals surface area contributed by atoms with Crippen LogP contribution in [-0.4, -0.2) is 169 Å². The van der Waals surface area contributed by atoms with Crippen LogP contribution in [0, 0.1) is 0 Å². The van der Waals surface area contributed by atoms with Crippen molar-refractivity contribution in [1.82, 2.24) is 24.5 Å². The maximum Gasteiger partial charge on any atom is 0.305 e. The Morgan fingerprint density at radius 2 is 0.658 bits per heavy atom. The fourth-order valence-electron chi connectivity index (χ4n) is 9.13. The highest BCUT2D eigenvalue weighted by Gasteiger charge is 2.19. The highest BCUT2D eigenvalue weighted by atomic mass is 16.5. The van der Waals surface area contributed by atoms with Gasteiger partial charge in [-0.05, 0) is 84.1 Å². The molecule has 1 aliphatic rings. The normalized spacial score (nSPS) is 12.0. The van der Waals surface area contributed by atoms with Gasteiger partial charge < -0.3 is 38.5 Å². The first-order valence-electron chi connectivity index (χ1n) is 29.6. The van der Waals surface area contributed by atoms with Crippen LogP contribution < -0.4 is 0 Å². The Morgan fingerprint density at radius 3 is 1.09 bits per heavy atom. The number of unbranched alkanes of at least 4 members (excludes halogenated alkanes) is 23. The smallest absolute Gasteiger partial charge is 0.305 e. The van der Waals surface area contributed by atoms with Gasteiger partial charge in [-0.1, -0.05) is 228 Å². The van der Waals surface area contributed by atoms with Crippen LogP contribution in [0.2, 0.25) is 0 Å². The molecule has 1 heterocycles. The minimum atomic E-state index is -0.0485. The lowest BCUT2D eigenvalue weighted by atomic mass is 10.1. The van der Waals surface area contributed by atoms with Crippen molar-refractivity contribution < 1.29 is 28.6 Å². The number of rotatable bonds is 52. The summed E-state index contributed by atoms with van der Waals surface area (Å²) in [5.41, 5.74) is 0. The van der Waals surface area contributed by atoms with Crippen LogP contribution in [0.3, 0.4) is 0 Å². The van der Waals surface area contributed by atoms with Gasteiger partial charge in [-0.2, -0.15) is 0 Å². The number of piperazine rings is 1. The summed E-state index contributed by atoms with van der Waals surface area (Å²) in [5.74, 6) is -0.0485. The average Bonchev–Trinajstić information content (AvgIpc) is 3.38. The van der Waals surface area contributed by atoms with E-state index >= 15 is 0 Å². The number of hydrogen-bond donors (Lipinski definition) is 0. The Balaban J connectivity index is -0.000000568. The van der Waals surface area contributed by atoms with Gasteiger partial charge in [0.05, 0.1) is 19.9 Å². The van der Waals surface area contributed by atoms with Gasteiger partial charge in [-0.3, -0.25) is 14.6 Å². The fourth-order valence-corrected chi connectivity index (χ4v) is 9.13. The number of carbonyl (C=O) groups excluding carboxylic acids is 3. The van der Waals surface area contributed by atoms with Gasteiger partial charge in [0, 0.05) is 78.5 Å². The fraction of sp³-hybridized carbons (Fsp3) is 0.954. The van der Waals surface area contributed by atoms with E-state index in [0.29, 0.717) is 13.0 Å². The van der Waals surface area contributed by atoms with E-state index in [4.69, 9.17) is 23.8 Å². The van der Waals surface area contributed by atoms with E-state index in [1.807, 2.05) is 13.6 Å². The summed E-state index contributed by atoms with van der Waals surface area (Å²) in [4.78, 5) is 41.7. The van der Waals surface area contributed by atoms with Crippen LogP contribution in [0.4, 0.5) is 0 Å². The van der Waals surface area contributed by atoms with E-state index in [-0.39, 0.29) is 58.0 Å². The van der Waals surface area contributed by atoms with Crippen molar-refractivity contribution in [2.75, 3.05) is 125 Å². The number of esters is 1. The summed E-state index contributed by atoms with van der Waals surface area (Å²) in [6, 6.07) is 0. The molecule has 0 atom stereocenters. The average molecular weight is 1090 g/mol. The predicted molar refractivity (Wildman–Crippen MR) is 343 cm³/mol. The molecule has 1 aliphatic heterocycles. The molecule has 0 aromatic heterocycles. The molecule has 1 saturated heterocycles. The second-order valence-electron chi connectivity index (χ2n) is 19.9. The number of hydrogen-bond acceptors (Lipinski definition) is 11. The minimum Gasteiger partial charge on any atom is -0.466 e. The molecule has 0 aliphatic carbocycles. The monoisotopic (exact) mass is 1090 g/mol. The molecule has 0 aromatic carbocycles. The quantitative estimate of drug-likeness (QED) is 0.0430. The summed E-state index contributed by atoms with van der Waals surface area (Å²) in [7, 11) is 0. The van der Waals surface area contributed by atoms with Gasteiger partial charge in [0.2, 0.25) is 0 Å². The van der Waals surface area contributed by atoms with Gasteiger partial charge in [0.25, 0.3) is 0 Å². The summed E-state index contributed by atoms with van der Waals surface area (Å²) >= 11 is 0. The maximum absolute atomic E-state index is 12.3. The Morgan fingerprint density at radius 1 is 0.342 bits per heavy atom. The first-order valence-corrected chi connectivity index (χ1v) is 29.6. The molecule has 0 spiro atoms. The third-order valence-electron chi connectivity index (χ3n) is 13.8. The number of nitrogens with zero attached hydrogens (tertiary/aromatic N) is 5. The molecule has 1 fully saturated rings.